The molecule has 3 nitrogen and oxygen atoms in total. The smallest absolute Gasteiger partial charge is 0.197 e. The van der Waals surface area contributed by atoms with E-state index in [1.54, 1.807) is 6.08 Å². The number of anilines is 1. The van der Waals surface area contributed by atoms with Gasteiger partial charge < -0.3 is 5.32 Å². The molecular formula is C16H18N2OS. The first kappa shape index (κ1) is 14.5. The molecule has 0 fully saturated rings. The molecule has 0 aliphatic heterocycles. The number of thiazole rings is 1. The Bertz CT molecular complexity index is 602. The van der Waals surface area contributed by atoms with Crippen LogP contribution in [0.2, 0.25) is 0 Å². The van der Waals surface area contributed by atoms with E-state index in [4.69, 9.17) is 0 Å². The summed E-state index contributed by atoms with van der Waals surface area (Å²) in [6.45, 7) is 4.85. The number of hydrogen-bond acceptors (Lipinski definition) is 4. The van der Waals surface area contributed by atoms with Gasteiger partial charge in [0.2, 0.25) is 0 Å². The minimum Gasteiger partial charge on any atom is -0.362 e. The molecule has 4 heteroatoms. The number of hydrogen-bond donors (Lipinski definition) is 1. The summed E-state index contributed by atoms with van der Waals surface area (Å²) >= 11 is 1.42. The van der Waals surface area contributed by atoms with E-state index in [1.807, 2.05) is 43.3 Å². The van der Waals surface area contributed by atoms with Crippen LogP contribution in [-0.2, 0) is 0 Å². The molecule has 1 N–H and O–H groups in total. The van der Waals surface area contributed by atoms with E-state index in [-0.39, 0.29) is 5.78 Å². The van der Waals surface area contributed by atoms with E-state index in [0.717, 1.165) is 29.4 Å². The molecule has 0 saturated heterocycles. The largest absolute Gasteiger partial charge is 0.362 e. The predicted octanol–water partition coefficient (Wildman–Crippen LogP) is 4.17. The highest BCUT2D eigenvalue weighted by molar-refractivity contribution is 7.17. The number of nitrogens with one attached hydrogen (secondary N) is 1. The van der Waals surface area contributed by atoms with Gasteiger partial charge >= 0.3 is 0 Å². The van der Waals surface area contributed by atoms with Crippen LogP contribution in [0.15, 0.2) is 36.4 Å². The van der Waals surface area contributed by atoms with E-state index in [9.17, 15) is 4.79 Å². The molecule has 0 amide bonds. The molecule has 1 aromatic carbocycles. The Morgan fingerprint density at radius 1 is 1.35 bits per heavy atom. The van der Waals surface area contributed by atoms with Crippen molar-refractivity contribution in [2.45, 2.75) is 20.3 Å². The number of allylic oxidation sites excluding steroid dienone is 1. The molecule has 0 saturated carbocycles. The lowest BCUT2D eigenvalue weighted by atomic mass is 10.2. The van der Waals surface area contributed by atoms with E-state index >= 15 is 0 Å². The number of carbonyl (C=O) groups excluding carboxylic acids is 1. The average Bonchev–Trinajstić information content (AvgIpc) is 2.85. The van der Waals surface area contributed by atoms with Gasteiger partial charge in [0.25, 0.3) is 0 Å². The number of benzene rings is 1. The summed E-state index contributed by atoms with van der Waals surface area (Å²) in [7, 11) is 0. The first-order valence-corrected chi connectivity index (χ1v) is 7.51. The third-order valence-corrected chi connectivity index (χ3v) is 3.90. The van der Waals surface area contributed by atoms with Crippen LogP contribution in [0, 0.1) is 6.92 Å². The van der Waals surface area contributed by atoms with Gasteiger partial charge in [0.05, 0.1) is 10.6 Å². The zero-order valence-corrected chi connectivity index (χ0v) is 12.5. The zero-order valence-electron chi connectivity index (χ0n) is 11.7. The fraction of sp³-hybridized carbons (Fsp3) is 0.250. The third-order valence-electron chi connectivity index (χ3n) is 2.77. The quantitative estimate of drug-likeness (QED) is 0.640. The van der Waals surface area contributed by atoms with Crippen LogP contribution in [0.4, 0.5) is 5.13 Å². The molecule has 0 spiro atoms. The molecule has 0 aliphatic rings. The Hall–Kier alpha value is -1.94. The van der Waals surface area contributed by atoms with Crippen LogP contribution in [0.5, 0.6) is 0 Å². The van der Waals surface area contributed by atoms with Crippen molar-refractivity contribution in [3.05, 3.63) is 52.5 Å². The fourth-order valence-electron chi connectivity index (χ4n) is 1.74. The van der Waals surface area contributed by atoms with Crippen molar-refractivity contribution in [3.8, 4) is 0 Å². The first-order valence-electron chi connectivity index (χ1n) is 6.69. The summed E-state index contributed by atoms with van der Waals surface area (Å²) in [6, 6.07) is 9.80. The second kappa shape index (κ2) is 7.01. The molecular weight excluding hydrogens is 268 g/mol. The normalized spacial score (nSPS) is 10.9. The van der Waals surface area contributed by atoms with Gasteiger partial charge in [-0.2, -0.15) is 0 Å². The molecule has 20 heavy (non-hydrogen) atoms. The minimum absolute atomic E-state index is 0.00778. The standard InChI is InChI=1S/C16H18N2OS/c1-3-11-17-16-18-12(2)15(20-16)14(19)10-9-13-7-5-4-6-8-13/h4-10H,3,11H2,1-2H3,(H,17,18)/b10-9+. The SMILES string of the molecule is CCCNc1nc(C)c(C(=O)/C=C/c2ccccc2)s1. The lowest BCUT2D eigenvalue weighted by Crippen LogP contribution is -1.98. The topological polar surface area (TPSA) is 42.0 Å². The number of rotatable bonds is 6. The van der Waals surface area contributed by atoms with Gasteiger partial charge in [0.1, 0.15) is 0 Å². The molecule has 0 bridgehead atoms. The lowest BCUT2D eigenvalue weighted by molar-refractivity contribution is 0.105. The van der Waals surface area contributed by atoms with E-state index in [1.165, 1.54) is 11.3 Å². The summed E-state index contributed by atoms with van der Waals surface area (Å²) in [5.41, 5.74) is 1.81. The van der Waals surface area contributed by atoms with Crippen LogP contribution < -0.4 is 5.32 Å². The molecule has 0 unspecified atom stereocenters. The molecule has 0 atom stereocenters. The molecule has 2 aromatic rings. The maximum atomic E-state index is 12.2. The molecule has 1 heterocycles. The Morgan fingerprint density at radius 2 is 2.10 bits per heavy atom. The monoisotopic (exact) mass is 286 g/mol. The van der Waals surface area contributed by atoms with Crippen LogP contribution in [0.1, 0.15) is 34.3 Å². The molecule has 2 rings (SSSR count). The first-order chi connectivity index (χ1) is 9.70. The Kier molecular flexibility index (Phi) is 5.07. The van der Waals surface area contributed by atoms with Gasteiger partial charge in [0.15, 0.2) is 10.9 Å². The summed E-state index contributed by atoms with van der Waals surface area (Å²) in [6.07, 6.45) is 4.48. The lowest BCUT2D eigenvalue weighted by Gasteiger charge is -1.96. The van der Waals surface area contributed by atoms with Gasteiger partial charge in [0, 0.05) is 6.54 Å². The maximum Gasteiger partial charge on any atom is 0.197 e. The van der Waals surface area contributed by atoms with Gasteiger partial charge in [-0.1, -0.05) is 54.7 Å². The molecule has 104 valence electrons. The highest BCUT2D eigenvalue weighted by Crippen LogP contribution is 2.23. The van der Waals surface area contributed by atoms with E-state index in [0.29, 0.717) is 4.88 Å². The molecule has 0 aliphatic carbocycles. The van der Waals surface area contributed by atoms with E-state index in [2.05, 4.69) is 17.2 Å². The van der Waals surface area contributed by atoms with Crippen LogP contribution in [-0.4, -0.2) is 17.3 Å². The summed E-state index contributed by atoms with van der Waals surface area (Å²) < 4.78 is 0. The maximum absolute atomic E-state index is 12.2. The average molecular weight is 286 g/mol. The Labute approximate surface area is 123 Å². The highest BCUT2D eigenvalue weighted by atomic mass is 32.1. The Balaban J connectivity index is 2.09. The van der Waals surface area contributed by atoms with Crippen molar-refractivity contribution in [1.29, 1.82) is 0 Å². The van der Waals surface area contributed by atoms with Crippen molar-refractivity contribution >= 4 is 28.3 Å². The molecule has 0 radical (unpaired) electrons. The number of carbonyl (C=O) groups is 1. The van der Waals surface area contributed by atoms with Crippen LogP contribution in [0.3, 0.4) is 0 Å². The predicted molar refractivity (Wildman–Crippen MR) is 85.4 cm³/mol. The van der Waals surface area contributed by atoms with Crippen molar-refractivity contribution in [2.75, 3.05) is 11.9 Å². The number of ketones is 1. The van der Waals surface area contributed by atoms with Gasteiger partial charge in [-0.3, -0.25) is 4.79 Å². The summed E-state index contributed by atoms with van der Waals surface area (Å²) in [4.78, 5) is 17.3. The second-order valence-electron chi connectivity index (χ2n) is 4.47. The van der Waals surface area contributed by atoms with E-state index < -0.39 is 0 Å². The van der Waals surface area contributed by atoms with Gasteiger partial charge in [-0.05, 0) is 25.0 Å². The second-order valence-corrected chi connectivity index (χ2v) is 5.47. The minimum atomic E-state index is 0.00778. The van der Waals surface area contributed by atoms with Crippen molar-refractivity contribution < 1.29 is 4.79 Å². The summed E-state index contributed by atoms with van der Waals surface area (Å²) in [5, 5.41) is 4.04. The highest BCUT2D eigenvalue weighted by Gasteiger charge is 2.12. The van der Waals surface area contributed by atoms with Crippen LogP contribution >= 0.6 is 11.3 Å². The van der Waals surface area contributed by atoms with Crippen molar-refractivity contribution in [1.82, 2.24) is 4.98 Å². The number of aryl methyl sites for hydroxylation is 1. The van der Waals surface area contributed by atoms with Crippen molar-refractivity contribution in [3.63, 3.8) is 0 Å². The third kappa shape index (κ3) is 3.78. The number of nitrogens with zero attached hydrogens (tertiary/aromatic N) is 1. The summed E-state index contributed by atoms with van der Waals surface area (Å²) in [5.74, 6) is 0.00778. The fourth-order valence-corrected chi connectivity index (χ4v) is 2.66. The van der Waals surface area contributed by atoms with Crippen molar-refractivity contribution in [2.24, 2.45) is 0 Å². The Morgan fingerprint density at radius 3 is 2.80 bits per heavy atom. The van der Waals surface area contributed by atoms with Gasteiger partial charge in [-0.15, -0.1) is 0 Å². The van der Waals surface area contributed by atoms with Crippen LogP contribution in [0.25, 0.3) is 6.08 Å². The zero-order chi connectivity index (χ0) is 14.4. The van der Waals surface area contributed by atoms with Gasteiger partial charge in [-0.25, -0.2) is 4.98 Å². The number of aromatic nitrogens is 1. The molecule has 1 aromatic heterocycles.